The largest absolute Gasteiger partial charge is 0.469 e. The van der Waals surface area contributed by atoms with E-state index in [0.717, 1.165) is 24.8 Å². The van der Waals surface area contributed by atoms with Crippen molar-refractivity contribution in [2.24, 2.45) is 11.8 Å². The Hall–Kier alpha value is -1.35. The Balaban J connectivity index is 2.62. The minimum Gasteiger partial charge on any atom is -0.469 e. The molecule has 112 valence electrons. The van der Waals surface area contributed by atoms with Crippen LogP contribution < -0.4 is 0 Å². The van der Waals surface area contributed by atoms with E-state index in [1.165, 1.54) is 7.11 Å². The summed E-state index contributed by atoms with van der Waals surface area (Å²) in [7, 11) is 3.17. The summed E-state index contributed by atoms with van der Waals surface area (Å²) in [4.78, 5) is 11.8. The zero-order chi connectivity index (χ0) is 15.0. The molecule has 0 radical (unpaired) electrons. The molecule has 0 bridgehead atoms. The minimum atomic E-state index is -0.110. The Morgan fingerprint density at radius 2 is 1.75 bits per heavy atom. The van der Waals surface area contributed by atoms with Gasteiger partial charge in [-0.1, -0.05) is 44.2 Å². The van der Waals surface area contributed by atoms with Gasteiger partial charge < -0.3 is 9.47 Å². The monoisotopic (exact) mass is 278 g/mol. The van der Waals surface area contributed by atoms with Crippen molar-refractivity contribution >= 4 is 5.97 Å². The van der Waals surface area contributed by atoms with Crippen molar-refractivity contribution in [2.45, 2.75) is 39.2 Å². The third kappa shape index (κ3) is 5.33. The molecule has 0 aliphatic carbocycles. The average Bonchev–Trinajstić information content (AvgIpc) is 2.46. The Labute approximate surface area is 122 Å². The summed E-state index contributed by atoms with van der Waals surface area (Å²) in [6, 6.07) is 10.1. The molecule has 1 aromatic carbocycles. The van der Waals surface area contributed by atoms with E-state index in [9.17, 15) is 4.79 Å². The van der Waals surface area contributed by atoms with Crippen LogP contribution in [0.4, 0.5) is 0 Å². The van der Waals surface area contributed by atoms with Crippen molar-refractivity contribution in [3.8, 4) is 0 Å². The molecular formula is C17H26O3. The fourth-order valence-electron chi connectivity index (χ4n) is 2.51. The van der Waals surface area contributed by atoms with Crippen LogP contribution in [0.5, 0.6) is 0 Å². The number of carbonyl (C=O) groups is 1. The van der Waals surface area contributed by atoms with Crippen molar-refractivity contribution in [1.82, 2.24) is 0 Å². The van der Waals surface area contributed by atoms with Crippen LogP contribution in [-0.2, 0) is 14.3 Å². The number of carbonyl (C=O) groups excluding carboxylic acids is 1. The Kier molecular flexibility index (Phi) is 7.31. The number of esters is 1. The second kappa shape index (κ2) is 8.75. The molecule has 0 aliphatic rings. The molecule has 0 spiro atoms. The Morgan fingerprint density at radius 3 is 2.25 bits per heavy atom. The zero-order valence-electron chi connectivity index (χ0n) is 13.0. The summed E-state index contributed by atoms with van der Waals surface area (Å²) in [5, 5.41) is 0. The van der Waals surface area contributed by atoms with Crippen molar-refractivity contribution < 1.29 is 14.3 Å². The molecule has 0 saturated heterocycles. The maximum atomic E-state index is 11.8. The van der Waals surface area contributed by atoms with Crippen molar-refractivity contribution in [3.63, 3.8) is 0 Å². The normalized spacial score (nSPS) is 14.1. The van der Waals surface area contributed by atoms with Crippen LogP contribution in [0, 0.1) is 11.8 Å². The van der Waals surface area contributed by atoms with Gasteiger partial charge in [0.2, 0.25) is 0 Å². The van der Waals surface area contributed by atoms with Crippen molar-refractivity contribution in [1.29, 1.82) is 0 Å². The van der Waals surface area contributed by atoms with Gasteiger partial charge in [0.05, 0.1) is 19.1 Å². The first-order chi connectivity index (χ1) is 9.58. The third-order valence-corrected chi connectivity index (χ3v) is 3.52. The number of hydrogen-bond donors (Lipinski definition) is 0. The fraction of sp³-hybridized carbons (Fsp3) is 0.588. The van der Waals surface area contributed by atoms with Crippen LogP contribution in [0.15, 0.2) is 30.3 Å². The average molecular weight is 278 g/mol. The van der Waals surface area contributed by atoms with Crippen LogP contribution in [0.1, 0.15) is 44.8 Å². The molecule has 0 saturated carbocycles. The van der Waals surface area contributed by atoms with Gasteiger partial charge in [0.1, 0.15) is 0 Å². The highest BCUT2D eigenvalue weighted by molar-refractivity contribution is 5.72. The van der Waals surface area contributed by atoms with E-state index >= 15 is 0 Å². The SMILES string of the molecule is COC(=O)[C@H](CC[C@H](OC)c1ccccc1)CC(C)C. The summed E-state index contributed by atoms with van der Waals surface area (Å²) in [5.41, 5.74) is 1.16. The smallest absolute Gasteiger partial charge is 0.308 e. The topological polar surface area (TPSA) is 35.5 Å². The van der Waals surface area contributed by atoms with Crippen LogP contribution >= 0.6 is 0 Å². The lowest BCUT2D eigenvalue weighted by Gasteiger charge is -2.20. The van der Waals surface area contributed by atoms with Crippen LogP contribution in [0.3, 0.4) is 0 Å². The molecule has 2 atom stereocenters. The first kappa shape index (κ1) is 16.7. The highest BCUT2D eigenvalue weighted by Gasteiger charge is 2.22. The van der Waals surface area contributed by atoms with E-state index in [2.05, 4.69) is 26.0 Å². The van der Waals surface area contributed by atoms with Crippen LogP contribution in [0.2, 0.25) is 0 Å². The molecule has 0 amide bonds. The van der Waals surface area contributed by atoms with E-state index in [-0.39, 0.29) is 18.0 Å². The molecule has 0 aromatic heterocycles. The summed E-state index contributed by atoms with van der Waals surface area (Å²) in [6.45, 7) is 4.25. The predicted octanol–water partition coefficient (Wildman–Crippen LogP) is 3.99. The third-order valence-electron chi connectivity index (χ3n) is 3.52. The molecule has 1 aromatic rings. The summed E-state index contributed by atoms with van der Waals surface area (Å²) in [6.07, 6.45) is 2.51. The molecule has 20 heavy (non-hydrogen) atoms. The quantitative estimate of drug-likeness (QED) is 0.674. The van der Waals surface area contributed by atoms with Gasteiger partial charge in [-0.25, -0.2) is 0 Å². The molecule has 3 heteroatoms. The second-order valence-corrected chi connectivity index (χ2v) is 5.56. The molecular weight excluding hydrogens is 252 g/mol. The van der Waals surface area contributed by atoms with E-state index in [1.54, 1.807) is 7.11 Å². The number of ether oxygens (including phenoxy) is 2. The highest BCUT2D eigenvalue weighted by atomic mass is 16.5. The lowest BCUT2D eigenvalue weighted by molar-refractivity contribution is -0.146. The van der Waals surface area contributed by atoms with E-state index < -0.39 is 0 Å². The molecule has 0 aliphatic heterocycles. The molecule has 0 N–H and O–H groups in total. The highest BCUT2D eigenvalue weighted by Crippen LogP contribution is 2.27. The lowest BCUT2D eigenvalue weighted by atomic mass is 9.90. The van der Waals surface area contributed by atoms with Gasteiger partial charge in [-0.15, -0.1) is 0 Å². The molecule has 3 nitrogen and oxygen atoms in total. The number of hydrogen-bond acceptors (Lipinski definition) is 3. The van der Waals surface area contributed by atoms with Gasteiger partial charge in [0.25, 0.3) is 0 Å². The summed E-state index contributed by atoms with van der Waals surface area (Å²) < 4.78 is 10.5. The summed E-state index contributed by atoms with van der Waals surface area (Å²) in [5.74, 6) is 0.333. The van der Waals surface area contributed by atoms with Crippen LogP contribution in [0.25, 0.3) is 0 Å². The Morgan fingerprint density at radius 1 is 1.10 bits per heavy atom. The van der Waals surface area contributed by atoms with E-state index in [4.69, 9.17) is 9.47 Å². The lowest BCUT2D eigenvalue weighted by Crippen LogP contribution is -2.19. The zero-order valence-corrected chi connectivity index (χ0v) is 13.0. The number of methoxy groups -OCH3 is 2. The van der Waals surface area contributed by atoms with Gasteiger partial charge in [0, 0.05) is 7.11 Å². The van der Waals surface area contributed by atoms with Gasteiger partial charge in [0.15, 0.2) is 0 Å². The van der Waals surface area contributed by atoms with Gasteiger partial charge in [-0.3, -0.25) is 4.79 Å². The van der Waals surface area contributed by atoms with Gasteiger partial charge >= 0.3 is 5.97 Å². The second-order valence-electron chi connectivity index (χ2n) is 5.56. The minimum absolute atomic E-state index is 0.0375. The van der Waals surface area contributed by atoms with Crippen LogP contribution in [-0.4, -0.2) is 20.2 Å². The predicted molar refractivity (Wildman–Crippen MR) is 80.4 cm³/mol. The first-order valence-corrected chi connectivity index (χ1v) is 7.24. The maximum Gasteiger partial charge on any atom is 0.308 e. The Bertz CT molecular complexity index is 386. The number of rotatable bonds is 8. The molecule has 1 rings (SSSR count). The maximum absolute atomic E-state index is 11.8. The van der Waals surface area contributed by atoms with E-state index in [1.807, 2.05) is 18.2 Å². The molecule has 0 heterocycles. The standard InChI is InChI=1S/C17H26O3/c1-13(2)12-15(17(18)20-4)10-11-16(19-3)14-8-6-5-7-9-14/h5-9,13,15-16H,10-12H2,1-4H3/t15-,16+/m1/s1. The first-order valence-electron chi connectivity index (χ1n) is 7.24. The summed E-state index contributed by atoms with van der Waals surface area (Å²) >= 11 is 0. The van der Waals surface area contributed by atoms with E-state index in [0.29, 0.717) is 5.92 Å². The van der Waals surface area contributed by atoms with Gasteiger partial charge in [-0.2, -0.15) is 0 Å². The molecule has 0 fully saturated rings. The molecule has 0 unspecified atom stereocenters. The van der Waals surface area contributed by atoms with Crippen molar-refractivity contribution in [3.05, 3.63) is 35.9 Å². The van der Waals surface area contributed by atoms with Gasteiger partial charge in [-0.05, 0) is 30.7 Å². The fourth-order valence-corrected chi connectivity index (χ4v) is 2.51. The van der Waals surface area contributed by atoms with Crippen molar-refractivity contribution in [2.75, 3.05) is 14.2 Å². The number of benzene rings is 1.